The second kappa shape index (κ2) is 7.93. The largest absolute Gasteiger partial charge is 0.322 e. The zero-order valence-corrected chi connectivity index (χ0v) is 16.2. The summed E-state index contributed by atoms with van der Waals surface area (Å²) < 4.78 is 40.1. The molecule has 0 bridgehead atoms. The number of anilines is 1. The predicted molar refractivity (Wildman–Crippen MR) is 102 cm³/mol. The molecule has 144 valence electrons. The van der Waals surface area contributed by atoms with Crippen LogP contribution in [-0.2, 0) is 10.0 Å². The number of hydrogen-bond acceptors (Lipinski definition) is 4. The SMILES string of the molecule is CN1CCN(S(=O)(=O)c2ccc(Cl)c(C(=O)Nc3ccc(F)cc3)c2)CC1. The summed E-state index contributed by atoms with van der Waals surface area (Å²) in [7, 11) is -1.78. The number of likely N-dealkylation sites (N-methyl/N-ethyl adjacent to an activating group) is 1. The molecule has 2 aromatic rings. The van der Waals surface area contributed by atoms with E-state index in [1.54, 1.807) is 0 Å². The van der Waals surface area contributed by atoms with Crippen molar-refractivity contribution >= 4 is 33.2 Å². The molecule has 1 heterocycles. The molecule has 3 rings (SSSR count). The van der Waals surface area contributed by atoms with Gasteiger partial charge >= 0.3 is 0 Å². The third kappa shape index (κ3) is 4.47. The zero-order chi connectivity index (χ0) is 19.6. The van der Waals surface area contributed by atoms with Crippen LogP contribution in [0.25, 0.3) is 0 Å². The standard InChI is InChI=1S/C18H19ClFN3O3S/c1-22-8-10-23(11-9-22)27(25,26)15-6-7-17(19)16(12-15)18(24)21-14-4-2-13(20)3-5-14/h2-7,12H,8-11H2,1H3,(H,21,24). The molecule has 0 aromatic heterocycles. The highest BCUT2D eigenvalue weighted by atomic mass is 35.5. The summed E-state index contributed by atoms with van der Waals surface area (Å²) in [5.74, 6) is -0.992. The van der Waals surface area contributed by atoms with E-state index in [-0.39, 0.29) is 15.5 Å². The van der Waals surface area contributed by atoms with Gasteiger partial charge in [0.25, 0.3) is 5.91 Å². The maximum Gasteiger partial charge on any atom is 0.257 e. The van der Waals surface area contributed by atoms with Crippen LogP contribution in [-0.4, -0.2) is 56.8 Å². The highest BCUT2D eigenvalue weighted by Gasteiger charge is 2.28. The molecule has 9 heteroatoms. The quantitative estimate of drug-likeness (QED) is 0.839. The smallest absolute Gasteiger partial charge is 0.257 e. The number of carbonyl (C=O) groups excluding carboxylic acids is 1. The lowest BCUT2D eigenvalue weighted by Gasteiger charge is -2.31. The Morgan fingerprint density at radius 3 is 2.33 bits per heavy atom. The lowest BCUT2D eigenvalue weighted by atomic mass is 10.2. The second-order valence-electron chi connectivity index (χ2n) is 6.31. The first-order valence-electron chi connectivity index (χ1n) is 8.32. The van der Waals surface area contributed by atoms with Crippen LogP contribution in [0.2, 0.25) is 5.02 Å². The van der Waals surface area contributed by atoms with Gasteiger partial charge in [-0.1, -0.05) is 11.6 Å². The minimum Gasteiger partial charge on any atom is -0.322 e. The predicted octanol–water partition coefficient (Wildman–Crippen LogP) is 2.67. The lowest BCUT2D eigenvalue weighted by molar-refractivity contribution is 0.102. The van der Waals surface area contributed by atoms with Crippen LogP contribution in [0.3, 0.4) is 0 Å². The Bertz CT molecular complexity index is 943. The molecule has 1 amide bonds. The number of nitrogens with one attached hydrogen (secondary N) is 1. The number of hydrogen-bond donors (Lipinski definition) is 1. The normalized spacial score (nSPS) is 16.3. The number of piperazine rings is 1. The van der Waals surface area contributed by atoms with E-state index in [9.17, 15) is 17.6 Å². The van der Waals surface area contributed by atoms with E-state index in [1.165, 1.54) is 46.8 Å². The van der Waals surface area contributed by atoms with Crippen LogP contribution in [0.1, 0.15) is 10.4 Å². The molecule has 0 aliphatic carbocycles. The van der Waals surface area contributed by atoms with Gasteiger partial charge in [0.15, 0.2) is 0 Å². The molecule has 1 saturated heterocycles. The number of sulfonamides is 1. The summed E-state index contributed by atoms with van der Waals surface area (Å²) in [4.78, 5) is 14.6. The molecule has 0 radical (unpaired) electrons. The molecule has 2 aromatic carbocycles. The number of benzene rings is 2. The van der Waals surface area contributed by atoms with Crippen molar-refractivity contribution in [3.05, 3.63) is 58.9 Å². The summed E-state index contributed by atoms with van der Waals surface area (Å²) in [5.41, 5.74) is 0.418. The molecule has 0 saturated carbocycles. The Hall–Kier alpha value is -2.00. The van der Waals surface area contributed by atoms with Gasteiger partial charge in [-0.05, 0) is 49.5 Å². The highest BCUT2D eigenvalue weighted by molar-refractivity contribution is 7.89. The molecular formula is C18H19ClFN3O3S. The van der Waals surface area contributed by atoms with E-state index in [0.29, 0.717) is 31.9 Å². The summed E-state index contributed by atoms with van der Waals surface area (Å²) in [6.07, 6.45) is 0. The third-order valence-electron chi connectivity index (χ3n) is 4.38. The summed E-state index contributed by atoms with van der Waals surface area (Å²) in [6, 6.07) is 9.30. The molecule has 0 atom stereocenters. The van der Waals surface area contributed by atoms with Gasteiger partial charge in [0.1, 0.15) is 5.82 Å². The molecular weight excluding hydrogens is 393 g/mol. The van der Waals surface area contributed by atoms with E-state index in [1.807, 2.05) is 7.05 Å². The van der Waals surface area contributed by atoms with E-state index in [0.717, 1.165) is 0 Å². The topological polar surface area (TPSA) is 69.7 Å². The van der Waals surface area contributed by atoms with Gasteiger partial charge in [0.05, 0.1) is 15.5 Å². The molecule has 0 spiro atoms. The maximum absolute atomic E-state index is 13.0. The molecule has 0 unspecified atom stereocenters. The van der Waals surface area contributed by atoms with Gasteiger partial charge in [0.2, 0.25) is 10.0 Å². The van der Waals surface area contributed by atoms with E-state index >= 15 is 0 Å². The van der Waals surface area contributed by atoms with E-state index in [4.69, 9.17) is 11.6 Å². The Balaban J connectivity index is 1.85. The number of rotatable bonds is 4. The van der Waals surface area contributed by atoms with Gasteiger partial charge in [-0.15, -0.1) is 0 Å². The van der Waals surface area contributed by atoms with Crippen molar-refractivity contribution in [2.45, 2.75) is 4.90 Å². The van der Waals surface area contributed by atoms with Crippen LogP contribution in [0.5, 0.6) is 0 Å². The third-order valence-corrected chi connectivity index (χ3v) is 6.61. The Labute approximate surface area is 162 Å². The molecule has 1 fully saturated rings. The van der Waals surface area contributed by atoms with Crippen LogP contribution < -0.4 is 5.32 Å². The minimum atomic E-state index is -3.72. The number of amides is 1. The van der Waals surface area contributed by atoms with Crippen LogP contribution in [0, 0.1) is 5.82 Å². The Kier molecular flexibility index (Phi) is 5.81. The molecule has 1 aliphatic rings. The highest BCUT2D eigenvalue weighted by Crippen LogP contribution is 2.24. The number of carbonyl (C=O) groups is 1. The summed E-state index contributed by atoms with van der Waals surface area (Å²) in [6.45, 7) is 2.06. The fourth-order valence-electron chi connectivity index (χ4n) is 2.75. The molecule has 27 heavy (non-hydrogen) atoms. The molecule has 1 aliphatic heterocycles. The monoisotopic (exact) mass is 411 g/mol. The van der Waals surface area contributed by atoms with Crippen molar-refractivity contribution < 1.29 is 17.6 Å². The first-order valence-corrected chi connectivity index (χ1v) is 10.1. The van der Waals surface area contributed by atoms with Crippen molar-refractivity contribution in [1.82, 2.24) is 9.21 Å². The Morgan fingerprint density at radius 1 is 1.07 bits per heavy atom. The molecule has 6 nitrogen and oxygen atoms in total. The average Bonchev–Trinajstić information content (AvgIpc) is 2.64. The van der Waals surface area contributed by atoms with Crippen molar-refractivity contribution in [2.24, 2.45) is 0 Å². The van der Waals surface area contributed by atoms with Crippen molar-refractivity contribution in [3.8, 4) is 0 Å². The van der Waals surface area contributed by atoms with Gasteiger partial charge in [-0.2, -0.15) is 4.31 Å². The Morgan fingerprint density at radius 2 is 1.70 bits per heavy atom. The van der Waals surface area contributed by atoms with Gasteiger partial charge < -0.3 is 10.2 Å². The first kappa shape index (κ1) is 19.8. The fourth-order valence-corrected chi connectivity index (χ4v) is 4.40. The van der Waals surface area contributed by atoms with Crippen LogP contribution in [0.15, 0.2) is 47.4 Å². The van der Waals surface area contributed by atoms with Crippen molar-refractivity contribution in [3.63, 3.8) is 0 Å². The van der Waals surface area contributed by atoms with Gasteiger partial charge in [-0.3, -0.25) is 4.79 Å². The first-order chi connectivity index (χ1) is 12.8. The van der Waals surface area contributed by atoms with Gasteiger partial charge in [-0.25, -0.2) is 12.8 Å². The second-order valence-corrected chi connectivity index (χ2v) is 8.66. The average molecular weight is 412 g/mol. The van der Waals surface area contributed by atoms with Crippen LogP contribution in [0.4, 0.5) is 10.1 Å². The summed E-state index contributed by atoms with van der Waals surface area (Å²) in [5, 5.41) is 2.72. The van der Waals surface area contributed by atoms with Crippen LogP contribution >= 0.6 is 11.6 Å². The number of halogens is 2. The van der Waals surface area contributed by atoms with Crippen molar-refractivity contribution in [2.75, 3.05) is 38.5 Å². The van der Waals surface area contributed by atoms with Gasteiger partial charge in [0, 0.05) is 31.9 Å². The van der Waals surface area contributed by atoms with E-state index in [2.05, 4.69) is 10.2 Å². The summed E-state index contributed by atoms with van der Waals surface area (Å²) >= 11 is 6.10. The number of nitrogens with zero attached hydrogens (tertiary/aromatic N) is 2. The van der Waals surface area contributed by atoms with E-state index < -0.39 is 21.7 Å². The molecule has 1 N–H and O–H groups in total. The lowest BCUT2D eigenvalue weighted by Crippen LogP contribution is -2.47. The zero-order valence-electron chi connectivity index (χ0n) is 14.7. The van der Waals surface area contributed by atoms with Crippen molar-refractivity contribution in [1.29, 1.82) is 0 Å². The minimum absolute atomic E-state index is 0.0145. The maximum atomic E-state index is 13.0. The fraction of sp³-hybridized carbons (Fsp3) is 0.278.